The van der Waals surface area contributed by atoms with Crippen molar-refractivity contribution in [2.75, 3.05) is 7.05 Å². The highest BCUT2D eigenvalue weighted by Crippen LogP contribution is 2.48. The van der Waals surface area contributed by atoms with Gasteiger partial charge in [-0.2, -0.15) is 0 Å². The van der Waals surface area contributed by atoms with E-state index in [1.54, 1.807) is 0 Å². The van der Waals surface area contributed by atoms with E-state index in [-0.39, 0.29) is 5.60 Å². The fraction of sp³-hybridized carbons (Fsp3) is 0.667. The van der Waals surface area contributed by atoms with Crippen molar-refractivity contribution in [1.82, 2.24) is 5.32 Å². The number of fused-ring (bicyclic) bond motifs is 1. The fourth-order valence-electron chi connectivity index (χ4n) is 4.11. The van der Waals surface area contributed by atoms with Crippen LogP contribution in [-0.2, 0) is 0 Å². The second kappa shape index (κ2) is 6.29. The summed E-state index contributed by atoms with van der Waals surface area (Å²) in [5.74, 6) is 2.00. The number of halogens is 1. The summed E-state index contributed by atoms with van der Waals surface area (Å²) >= 11 is 3.58. The third-order valence-electron chi connectivity index (χ3n) is 5.31. The van der Waals surface area contributed by atoms with Gasteiger partial charge in [0.05, 0.1) is 0 Å². The predicted molar refractivity (Wildman–Crippen MR) is 90.8 cm³/mol. The first-order valence-electron chi connectivity index (χ1n) is 8.31. The molecule has 1 N–H and O–H groups in total. The largest absolute Gasteiger partial charge is 0.487 e. The van der Waals surface area contributed by atoms with Crippen molar-refractivity contribution < 1.29 is 4.74 Å². The van der Waals surface area contributed by atoms with Crippen LogP contribution >= 0.6 is 15.9 Å². The van der Waals surface area contributed by atoms with Gasteiger partial charge in [-0.1, -0.05) is 35.7 Å². The quantitative estimate of drug-likeness (QED) is 0.805. The Hall–Kier alpha value is -0.540. The molecule has 116 valence electrons. The maximum atomic E-state index is 6.51. The van der Waals surface area contributed by atoms with Gasteiger partial charge in [-0.05, 0) is 56.8 Å². The van der Waals surface area contributed by atoms with Gasteiger partial charge in [-0.25, -0.2) is 0 Å². The summed E-state index contributed by atoms with van der Waals surface area (Å²) in [5.41, 5.74) is 1.37. The fourth-order valence-corrected chi connectivity index (χ4v) is 4.48. The minimum absolute atomic E-state index is 0.0682. The lowest BCUT2D eigenvalue weighted by molar-refractivity contribution is -0.0149. The maximum absolute atomic E-state index is 6.51. The molecule has 1 fully saturated rings. The van der Waals surface area contributed by atoms with Gasteiger partial charge in [0, 0.05) is 22.5 Å². The Morgan fingerprint density at radius 1 is 1.33 bits per heavy atom. The van der Waals surface area contributed by atoms with E-state index in [1.165, 1.54) is 44.1 Å². The summed E-state index contributed by atoms with van der Waals surface area (Å²) in [4.78, 5) is 0. The number of hydrogen-bond donors (Lipinski definition) is 1. The Kier molecular flexibility index (Phi) is 4.60. The summed E-state index contributed by atoms with van der Waals surface area (Å²) in [6.45, 7) is 2.30. The van der Waals surface area contributed by atoms with Crippen molar-refractivity contribution >= 4 is 15.9 Å². The number of benzene rings is 1. The predicted octanol–water partition coefficient (Wildman–Crippen LogP) is 5.22. The zero-order chi connectivity index (χ0) is 14.9. The Bertz CT molecular complexity index is 494. The number of ether oxygens (including phenoxy) is 1. The van der Waals surface area contributed by atoms with Gasteiger partial charge in [0.15, 0.2) is 0 Å². The van der Waals surface area contributed by atoms with E-state index in [9.17, 15) is 0 Å². The van der Waals surface area contributed by atoms with Crippen LogP contribution in [0, 0.1) is 5.92 Å². The average Bonchev–Trinajstić information content (AvgIpc) is 2.50. The summed E-state index contributed by atoms with van der Waals surface area (Å²) < 4.78 is 7.65. The Labute approximate surface area is 136 Å². The van der Waals surface area contributed by atoms with Crippen LogP contribution in [0.3, 0.4) is 0 Å². The van der Waals surface area contributed by atoms with Crippen molar-refractivity contribution in [1.29, 1.82) is 0 Å². The minimum Gasteiger partial charge on any atom is -0.487 e. The van der Waals surface area contributed by atoms with Crippen LogP contribution in [0.4, 0.5) is 0 Å². The molecule has 1 spiro atoms. The molecule has 1 atom stereocenters. The zero-order valence-electron chi connectivity index (χ0n) is 13.1. The van der Waals surface area contributed by atoms with E-state index in [2.05, 4.69) is 53.4 Å². The SMILES string of the molecule is CCCC1CCC2(CC1)CC(NC)c1cc(Br)ccc1O2. The standard InChI is InChI=1S/C18H26BrNO/c1-3-4-13-7-9-18(10-8-13)12-16(20-2)15-11-14(19)5-6-17(15)21-18/h5-6,11,13,16,20H,3-4,7-10,12H2,1-2H3. The van der Waals surface area contributed by atoms with Gasteiger partial charge in [-0.3, -0.25) is 0 Å². The van der Waals surface area contributed by atoms with Crippen LogP contribution in [0.25, 0.3) is 0 Å². The minimum atomic E-state index is 0.0682. The molecule has 1 saturated carbocycles. The average molecular weight is 352 g/mol. The highest BCUT2D eigenvalue weighted by atomic mass is 79.9. The molecule has 0 radical (unpaired) electrons. The first-order chi connectivity index (χ1) is 10.2. The van der Waals surface area contributed by atoms with E-state index in [0.717, 1.165) is 22.6 Å². The zero-order valence-corrected chi connectivity index (χ0v) is 14.7. The molecule has 0 amide bonds. The van der Waals surface area contributed by atoms with Crippen LogP contribution in [0.2, 0.25) is 0 Å². The second-order valence-corrected chi connectivity index (χ2v) is 7.66. The Morgan fingerprint density at radius 3 is 2.76 bits per heavy atom. The molecule has 0 aromatic heterocycles. The van der Waals surface area contributed by atoms with Crippen molar-refractivity contribution in [3.8, 4) is 5.75 Å². The van der Waals surface area contributed by atoms with Crippen LogP contribution in [0.15, 0.2) is 22.7 Å². The summed E-state index contributed by atoms with van der Waals surface area (Å²) in [5, 5.41) is 3.49. The lowest BCUT2D eigenvalue weighted by Crippen LogP contribution is -2.46. The molecule has 1 unspecified atom stereocenters. The molecule has 0 saturated heterocycles. The van der Waals surface area contributed by atoms with Crippen LogP contribution in [0.1, 0.15) is 63.5 Å². The first-order valence-corrected chi connectivity index (χ1v) is 9.11. The van der Waals surface area contributed by atoms with Crippen molar-refractivity contribution in [3.05, 3.63) is 28.2 Å². The van der Waals surface area contributed by atoms with Crippen molar-refractivity contribution in [3.63, 3.8) is 0 Å². The van der Waals surface area contributed by atoms with E-state index < -0.39 is 0 Å². The van der Waals surface area contributed by atoms with Crippen molar-refractivity contribution in [2.24, 2.45) is 5.92 Å². The van der Waals surface area contributed by atoms with Gasteiger partial charge in [-0.15, -0.1) is 0 Å². The van der Waals surface area contributed by atoms with Gasteiger partial charge >= 0.3 is 0 Å². The molecule has 21 heavy (non-hydrogen) atoms. The Morgan fingerprint density at radius 2 is 2.10 bits per heavy atom. The molecule has 1 aliphatic heterocycles. The number of nitrogens with one attached hydrogen (secondary N) is 1. The number of rotatable bonds is 3. The summed E-state index contributed by atoms with van der Waals surface area (Å²) in [6.07, 6.45) is 8.89. The van der Waals surface area contributed by atoms with E-state index in [4.69, 9.17) is 4.74 Å². The Balaban J connectivity index is 1.79. The number of hydrogen-bond acceptors (Lipinski definition) is 2. The second-order valence-electron chi connectivity index (χ2n) is 6.74. The van der Waals surface area contributed by atoms with E-state index in [0.29, 0.717) is 6.04 Å². The first kappa shape index (κ1) is 15.4. The van der Waals surface area contributed by atoms with E-state index in [1.807, 2.05) is 0 Å². The molecule has 2 nitrogen and oxygen atoms in total. The topological polar surface area (TPSA) is 21.3 Å². The van der Waals surface area contributed by atoms with Gasteiger partial charge in [0.2, 0.25) is 0 Å². The molecule has 1 aliphatic carbocycles. The molecule has 3 rings (SSSR count). The van der Waals surface area contributed by atoms with Crippen LogP contribution in [0.5, 0.6) is 5.75 Å². The molecule has 1 aromatic carbocycles. The molecular formula is C18H26BrNO. The molecule has 1 heterocycles. The van der Waals surface area contributed by atoms with Gasteiger partial charge < -0.3 is 10.1 Å². The lowest BCUT2D eigenvalue weighted by Gasteiger charge is -2.46. The summed E-state index contributed by atoms with van der Waals surface area (Å²) in [6, 6.07) is 6.83. The maximum Gasteiger partial charge on any atom is 0.125 e. The van der Waals surface area contributed by atoms with Gasteiger partial charge in [0.25, 0.3) is 0 Å². The smallest absolute Gasteiger partial charge is 0.125 e. The molecule has 0 bridgehead atoms. The van der Waals surface area contributed by atoms with Crippen LogP contribution < -0.4 is 10.1 Å². The van der Waals surface area contributed by atoms with E-state index >= 15 is 0 Å². The lowest BCUT2D eigenvalue weighted by atomic mass is 9.72. The molecular weight excluding hydrogens is 326 g/mol. The molecule has 2 aliphatic rings. The van der Waals surface area contributed by atoms with Crippen LogP contribution in [-0.4, -0.2) is 12.6 Å². The highest BCUT2D eigenvalue weighted by molar-refractivity contribution is 9.10. The molecule has 1 aromatic rings. The molecule has 3 heteroatoms. The third-order valence-corrected chi connectivity index (χ3v) is 5.80. The third kappa shape index (κ3) is 3.14. The normalized spacial score (nSPS) is 31.8. The summed E-state index contributed by atoms with van der Waals surface area (Å²) in [7, 11) is 2.07. The highest BCUT2D eigenvalue weighted by Gasteiger charge is 2.43. The van der Waals surface area contributed by atoms with Gasteiger partial charge in [0.1, 0.15) is 11.4 Å². The van der Waals surface area contributed by atoms with Crippen molar-refractivity contribution in [2.45, 2.75) is 63.5 Å². The monoisotopic (exact) mass is 351 g/mol.